The third-order valence-electron chi connectivity index (χ3n) is 4.67. The van der Waals surface area contributed by atoms with E-state index in [0.29, 0.717) is 17.1 Å². The van der Waals surface area contributed by atoms with Crippen molar-refractivity contribution < 1.29 is 29.0 Å². The number of nitrogens with one attached hydrogen (secondary N) is 1. The molecule has 2 rings (SSSR count). The molecule has 0 spiro atoms. The largest absolute Gasteiger partial charge is 0.473 e. The molecule has 1 saturated heterocycles. The van der Waals surface area contributed by atoms with E-state index in [1.165, 1.54) is 6.07 Å². The zero-order chi connectivity index (χ0) is 22.7. The predicted octanol–water partition coefficient (Wildman–Crippen LogP) is 1.91. The number of nitrogens with zero attached hydrogens (tertiary/aromatic N) is 2. The number of carboxylic acids is 2. The molecular formula is C20H29ClFN3O5. The normalized spacial score (nSPS) is 14.7. The summed E-state index contributed by atoms with van der Waals surface area (Å²) in [6.07, 6.45) is 2.58. The maximum Gasteiger partial charge on any atom is 0.414 e. The van der Waals surface area contributed by atoms with Crippen molar-refractivity contribution in [3.8, 4) is 0 Å². The summed E-state index contributed by atoms with van der Waals surface area (Å²) in [6.45, 7) is 3.79. The fourth-order valence-electron chi connectivity index (χ4n) is 3.01. The molecule has 0 aromatic heterocycles. The van der Waals surface area contributed by atoms with Crippen LogP contribution in [0.25, 0.3) is 0 Å². The summed E-state index contributed by atoms with van der Waals surface area (Å²) in [6, 6.07) is 4.77. The second-order valence-electron chi connectivity index (χ2n) is 7.31. The number of piperidine rings is 1. The number of benzene rings is 1. The van der Waals surface area contributed by atoms with E-state index in [0.717, 1.165) is 45.4 Å². The van der Waals surface area contributed by atoms with Crippen LogP contribution in [0.5, 0.6) is 0 Å². The number of carbonyl (C=O) groups is 3. The molecule has 1 aromatic rings. The van der Waals surface area contributed by atoms with Crippen molar-refractivity contribution in [2.75, 3.05) is 40.3 Å². The van der Waals surface area contributed by atoms with Crippen molar-refractivity contribution in [3.63, 3.8) is 0 Å². The third-order valence-corrected chi connectivity index (χ3v) is 5.02. The van der Waals surface area contributed by atoms with E-state index in [4.69, 9.17) is 31.4 Å². The molecule has 0 aliphatic carbocycles. The van der Waals surface area contributed by atoms with Gasteiger partial charge in [-0.2, -0.15) is 0 Å². The van der Waals surface area contributed by atoms with Crippen LogP contribution in [0.1, 0.15) is 24.8 Å². The lowest BCUT2D eigenvalue weighted by atomic mass is 9.95. The Morgan fingerprint density at radius 3 is 2.30 bits per heavy atom. The highest BCUT2D eigenvalue weighted by Gasteiger charge is 2.25. The van der Waals surface area contributed by atoms with Crippen molar-refractivity contribution >= 4 is 29.4 Å². The zero-order valence-electron chi connectivity index (χ0n) is 17.2. The fourth-order valence-corrected chi connectivity index (χ4v) is 3.23. The second kappa shape index (κ2) is 13.1. The van der Waals surface area contributed by atoms with Gasteiger partial charge in [-0.25, -0.2) is 14.0 Å². The number of aliphatic carboxylic acids is 2. The van der Waals surface area contributed by atoms with Gasteiger partial charge in [0.05, 0.1) is 0 Å². The molecule has 30 heavy (non-hydrogen) atoms. The molecular weight excluding hydrogens is 417 g/mol. The minimum Gasteiger partial charge on any atom is -0.473 e. The number of carboxylic acid groups (broad SMARTS) is 2. The summed E-state index contributed by atoms with van der Waals surface area (Å²) in [4.78, 5) is 34.7. The van der Waals surface area contributed by atoms with Crippen molar-refractivity contribution in [2.24, 2.45) is 5.92 Å². The molecule has 0 radical (unpaired) electrons. The first kappa shape index (κ1) is 25.8. The lowest BCUT2D eigenvalue weighted by molar-refractivity contribution is -0.159. The smallest absolute Gasteiger partial charge is 0.414 e. The predicted molar refractivity (Wildman–Crippen MR) is 111 cm³/mol. The number of halogens is 2. The average molecular weight is 446 g/mol. The van der Waals surface area contributed by atoms with E-state index in [1.807, 2.05) is 14.1 Å². The molecule has 1 aromatic carbocycles. The first-order valence-corrected chi connectivity index (χ1v) is 10.0. The molecule has 1 aliphatic heterocycles. The van der Waals surface area contributed by atoms with E-state index in [2.05, 4.69) is 15.1 Å². The average Bonchev–Trinajstić information content (AvgIpc) is 2.69. The Morgan fingerprint density at radius 1 is 1.20 bits per heavy atom. The zero-order valence-corrected chi connectivity index (χ0v) is 18.0. The maximum absolute atomic E-state index is 13.9. The van der Waals surface area contributed by atoms with Crippen molar-refractivity contribution in [1.29, 1.82) is 0 Å². The molecule has 1 amide bonds. The van der Waals surface area contributed by atoms with Gasteiger partial charge in [0.2, 0.25) is 5.91 Å². The van der Waals surface area contributed by atoms with E-state index < -0.39 is 11.9 Å². The monoisotopic (exact) mass is 445 g/mol. The fraction of sp³-hybridized carbons (Fsp3) is 0.550. The van der Waals surface area contributed by atoms with Gasteiger partial charge in [0.1, 0.15) is 5.82 Å². The Kier molecular flexibility index (Phi) is 11.3. The van der Waals surface area contributed by atoms with E-state index in [1.54, 1.807) is 12.1 Å². The maximum atomic E-state index is 13.9. The molecule has 1 aliphatic rings. The highest BCUT2D eigenvalue weighted by atomic mass is 35.5. The van der Waals surface area contributed by atoms with Crippen LogP contribution in [0.15, 0.2) is 18.2 Å². The summed E-state index contributed by atoms with van der Waals surface area (Å²) in [5.41, 5.74) is 0.547. The van der Waals surface area contributed by atoms with Crippen molar-refractivity contribution in [1.82, 2.24) is 15.1 Å². The number of amides is 1. The molecule has 3 N–H and O–H groups in total. The van der Waals surface area contributed by atoms with Gasteiger partial charge >= 0.3 is 11.9 Å². The lowest BCUT2D eigenvalue weighted by Gasteiger charge is -2.31. The van der Waals surface area contributed by atoms with Crippen molar-refractivity contribution in [2.45, 2.75) is 25.8 Å². The molecule has 0 atom stereocenters. The number of likely N-dealkylation sites (tertiary alicyclic amines) is 1. The summed E-state index contributed by atoms with van der Waals surface area (Å²) in [5, 5.41) is 18.3. The van der Waals surface area contributed by atoms with E-state index in [-0.39, 0.29) is 17.6 Å². The minimum atomic E-state index is -1.82. The number of rotatable bonds is 7. The van der Waals surface area contributed by atoms with Gasteiger partial charge in [-0.15, -0.1) is 0 Å². The molecule has 0 unspecified atom stereocenters. The highest BCUT2D eigenvalue weighted by Crippen LogP contribution is 2.24. The van der Waals surface area contributed by atoms with Crippen LogP contribution in [-0.2, 0) is 20.9 Å². The Bertz CT molecular complexity index is 692. The van der Waals surface area contributed by atoms with Gasteiger partial charge < -0.3 is 20.4 Å². The van der Waals surface area contributed by atoms with E-state index >= 15 is 0 Å². The van der Waals surface area contributed by atoms with Gasteiger partial charge in [-0.3, -0.25) is 9.69 Å². The summed E-state index contributed by atoms with van der Waals surface area (Å²) in [7, 11) is 4.05. The van der Waals surface area contributed by atoms with Gasteiger partial charge in [0.25, 0.3) is 0 Å². The van der Waals surface area contributed by atoms with Gasteiger partial charge in [-0.05, 0) is 65.1 Å². The standard InChI is InChI=1S/C18H27ClFN3O.C2H2O4/c1-22(2)10-4-9-21-18(24)14-7-11-23(12-8-14)13-15-16(19)5-3-6-17(15)20;3-1(4)2(5)6/h3,5-6,14H,4,7-13H2,1-2H3,(H,21,24);(H,3,4)(H,5,6). The lowest BCUT2D eigenvalue weighted by Crippen LogP contribution is -2.40. The SMILES string of the molecule is CN(C)CCCNC(=O)C1CCN(Cc2c(F)cccc2Cl)CC1.O=C(O)C(=O)O. The topological polar surface area (TPSA) is 110 Å². The Labute approximate surface area is 180 Å². The van der Waals surface area contributed by atoms with Crippen LogP contribution in [0.2, 0.25) is 5.02 Å². The first-order chi connectivity index (χ1) is 14.1. The van der Waals surface area contributed by atoms with Gasteiger partial charge in [-0.1, -0.05) is 17.7 Å². The van der Waals surface area contributed by atoms with Crippen LogP contribution in [-0.4, -0.2) is 78.1 Å². The molecule has 1 heterocycles. The van der Waals surface area contributed by atoms with Crippen LogP contribution in [0, 0.1) is 11.7 Å². The summed E-state index contributed by atoms with van der Waals surface area (Å²) in [5.74, 6) is -3.69. The van der Waals surface area contributed by atoms with Crippen LogP contribution >= 0.6 is 11.6 Å². The quantitative estimate of drug-likeness (QED) is 0.434. The Hall–Kier alpha value is -2.23. The molecule has 168 valence electrons. The van der Waals surface area contributed by atoms with Crippen LogP contribution < -0.4 is 5.32 Å². The second-order valence-corrected chi connectivity index (χ2v) is 7.72. The van der Waals surface area contributed by atoms with Gasteiger partial charge in [0, 0.05) is 29.6 Å². The van der Waals surface area contributed by atoms with Crippen LogP contribution in [0.4, 0.5) is 4.39 Å². The molecule has 0 saturated carbocycles. The highest BCUT2D eigenvalue weighted by molar-refractivity contribution is 6.31. The van der Waals surface area contributed by atoms with Crippen molar-refractivity contribution in [3.05, 3.63) is 34.6 Å². The third kappa shape index (κ3) is 9.51. The van der Waals surface area contributed by atoms with E-state index in [9.17, 15) is 9.18 Å². The summed E-state index contributed by atoms with van der Waals surface area (Å²) < 4.78 is 13.9. The number of hydrogen-bond acceptors (Lipinski definition) is 5. The molecule has 8 nitrogen and oxygen atoms in total. The minimum absolute atomic E-state index is 0.0664. The number of hydrogen-bond donors (Lipinski definition) is 3. The Morgan fingerprint density at radius 2 is 1.80 bits per heavy atom. The van der Waals surface area contributed by atoms with Crippen LogP contribution in [0.3, 0.4) is 0 Å². The Balaban J connectivity index is 0.000000656. The molecule has 10 heteroatoms. The summed E-state index contributed by atoms with van der Waals surface area (Å²) >= 11 is 6.09. The first-order valence-electron chi connectivity index (χ1n) is 9.65. The number of carbonyl (C=O) groups excluding carboxylic acids is 1. The molecule has 1 fully saturated rings. The molecule has 0 bridgehead atoms. The van der Waals surface area contributed by atoms with Gasteiger partial charge in [0.15, 0.2) is 0 Å².